The number of hydrogen-bond acceptors (Lipinski definition) is 1. The Balaban J connectivity index is 2.06. The van der Waals surface area contributed by atoms with E-state index in [0.717, 1.165) is 24.7 Å². The van der Waals surface area contributed by atoms with Gasteiger partial charge in [0.25, 0.3) is 0 Å². The summed E-state index contributed by atoms with van der Waals surface area (Å²) >= 11 is 0. The minimum absolute atomic E-state index is 0.00515. The average Bonchev–Trinajstić information content (AvgIpc) is 2.60. The minimum atomic E-state index is -0.00515. The van der Waals surface area contributed by atoms with Gasteiger partial charge in [-0.05, 0) is 42.9 Å². The Hall–Kier alpha value is -0.0400. The molecule has 88 valence electrons. The zero-order valence-corrected chi connectivity index (χ0v) is 10.3. The fourth-order valence-electron chi connectivity index (χ4n) is 4.19. The number of hydrogen-bond donors (Lipinski definition) is 1. The van der Waals surface area contributed by atoms with Crippen LogP contribution in [-0.4, -0.2) is 11.2 Å². The highest BCUT2D eigenvalue weighted by Gasteiger charge is 2.43. The first kappa shape index (κ1) is 11.4. The summed E-state index contributed by atoms with van der Waals surface area (Å²) in [5.41, 5.74) is 0.459. The van der Waals surface area contributed by atoms with E-state index in [1.54, 1.807) is 0 Å². The van der Waals surface area contributed by atoms with Gasteiger partial charge in [0.15, 0.2) is 0 Å². The van der Waals surface area contributed by atoms with Gasteiger partial charge in [0.2, 0.25) is 0 Å². The van der Waals surface area contributed by atoms with Crippen molar-refractivity contribution in [2.45, 2.75) is 71.3 Å². The fourth-order valence-corrected chi connectivity index (χ4v) is 4.19. The summed E-state index contributed by atoms with van der Waals surface area (Å²) in [7, 11) is 0. The van der Waals surface area contributed by atoms with Crippen molar-refractivity contribution in [3.8, 4) is 0 Å². The van der Waals surface area contributed by atoms with Gasteiger partial charge in [0.1, 0.15) is 0 Å². The molecule has 4 unspecified atom stereocenters. The van der Waals surface area contributed by atoms with Crippen molar-refractivity contribution in [3.63, 3.8) is 0 Å². The molecule has 0 saturated heterocycles. The van der Waals surface area contributed by atoms with Gasteiger partial charge in [-0.15, -0.1) is 0 Å². The molecule has 1 heteroatoms. The molecule has 2 aliphatic carbocycles. The standard InChI is InChI=1S/C14H26O/c1-3-11-6-4-5-7-13(11)14(2)9-8-12(15)10-14/h11-13,15H,3-10H2,1-2H3. The van der Waals surface area contributed by atoms with Gasteiger partial charge in [-0.1, -0.05) is 39.5 Å². The zero-order chi connectivity index (χ0) is 10.9. The summed E-state index contributed by atoms with van der Waals surface area (Å²) in [6.07, 6.45) is 10.4. The van der Waals surface area contributed by atoms with E-state index >= 15 is 0 Å². The molecule has 2 aliphatic rings. The predicted octanol–water partition coefficient (Wildman–Crippen LogP) is 3.75. The maximum atomic E-state index is 9.75. The third-order valence-electron chi connectivity index (χ3n) is 5.08. The molecule has 2 saturated carbocycles. The van der Waals surface area contributed by atoms with Crippen molar-refractivity contribution >= 4 is 0 Å². The van der Waals surface area contributed by atoms with Crippen LogP contribution in [0.5, 0.6) is 0 Å². The van der Waals surface area contributed by atoms with E-state index in [1.807, 2.05) is 0 Å². The first-order valence-electron chi connectivity index (χ1n) is 6.84. The summed E-state index contributed by atoms with van der Waals surface area (Å²) in [6, 6.07) is 0. The van der Waals surface area contributed by atoms with E-state index < -0.39 is 0 Å². The Morgan fingerprint density at radius 1 is 1.20 bits per heavy atom. The van der Waals surface area contributed by atoms with Gasteiger partial charge in [0, 0.05) is 0 Å². The lowest BCUT2D eigenvalue weighted by Gasteiger charge is -2.42. The summed E-state index contributed by atoms with van der Waals surface area (Å²) in [5, 5.41) is 9.75. The first-order valence-corrected chi connectivity index (χ1v) is 6.84. The maximum absolute atomic E-state index is 9.75. The lowest BCUT2D eigenvalue weighted by atomic mass is 9.63. The second-order valence-electron chi connectivity index (χ2n) is 6.11. The molecule has 0 bridgehead atoms. The van der Waals surface area contributed by atoms with Gasteiger partial charge >= 0.3 is 0 Å². The molecule has 0 aromatic carbocycles. The normalized spacial score (nSPS) is 47.0. The molecule has 0 aromatic rings. The summed E-state index contributed by atoms with van der Waals surface area (Å²) in [6.45, 7) is 4.78. The summed E-state index contributed by atoms with van der Waals surface area (Å²) in [4.78, 5) is 0. The minimum Gasteiger partial charge on any atom is -0.393 e. The second-order valence-corrected chi connectivity index (χ2v) is 6.11. The topological polar surface area (TPSA) is 20.2 Å². The lowest BCUT2D eigenvalue weighted by Crippen LogP contribution is -2.33. The van der Waals surface area contributed by atoms with Crippen LogP contribution >= 0.6 is 0 Å². The van der Waals surface area contributed by atoms with Crippen molar-refractivity contribution in [1.82, 2.24) is 0 Å². The molecular formula is C14H26O. The van der Waals surface area contributed by atoms with Gasteiger partial charge in [-0.2, -0.15) is 0 Å². The molecule has 15 heavy (non-hydrogen) atoms. The van der Waals surface area contributed by atoms with E-state index in [-0.39, 0.29) is 6.10 Å². The van der Waals surface area contributed by atoms with Gasteiger partial charge in [-0.25, -0.2) is 0 Å². The van der Waals surface area contributed by atoms with Gasteiger partial charge in [-0.3, -0.25) is 0 Å². The van der Waals surface area contributed by atoms with E-state index in [1.165, 1.54) is 38.5 Å². The fraction of sp³-hybridized carbons (Fsp3) is 1.00. The maximum Gasteiger partial charge on any atom is 0.0545 e. The first-order chi connectivity index (χ1) is 7.15. The largest absolute Gasteiger partial charge is 0.393 e. The highest BCUT2D eigenvalue weighted by atomic mass is 16.3. The number of aliphatic hydroxyl groups is 1. The molecule has 1 N–H and O–H groups in total. The van der Waals surface area contributed by atoms with Crippen molar-refractivity contribution in [3.05, 3.63) is 0 Å². The zero-order valence-electron chi connectivity index (χ0n) is 10.3. The Kier molecular flexibility index (Phi) is 3.39. The average molecular weight is 210 g/mol. The Morgan fingerprint density at radius 2 is 1.93 bits per heavy atom. The monoisotopic (exact) mass is 210 g/mol. The SMILES string of the molecule is CCC1CCCCC1C1(C)CCC(O)C1. The highest BCUT2D eigenvalue weighted by Crippen LogP contribution is 2.52. The van der Waals surface area contributed by atoms with Crippen LogP contribution in [0.4, 0.5) is 0 Å². The third kappa shape index (κ3) is 2.22. The van der Waals surface area contributed by atoms with Gasteiger partial charge in [0.05, 0.1) is 6.10 Å². The predicted molar refractivity (Wildman–Crippen MR) is 63.7 cm³/mol. The molecule has 0 heterocycles. The van der Waals surface area contributed by atoms with E-state index in [0.29, 0.717) is 5.41 Å². The smallest absolute Gasteiger partial charge is 0.0545 e. The molecule has 4 atom stereocenters. The number of aliphatic hydroxyl groups excluding tert-OH is 1. The van der Waals surface area contributed by atoms with Crippen molar-refractivity contribution in [2.75, 3.05) is 0 Å². The highest BCUT2D eigenvalue weighted by molar-refractivity contribution is 4.94. The van der Waals surface area contributed by atoms with Crippen LogP contribution in [0.25, 0.3) is 0 Å². The lowest BCUT2D eigenvalue weighted by molar-refractivity contribution is 0.0632. The Morgan fingerprint density at radius 3 is 2.53 bits per heavy atom. The third-order valence-corrected chi connectivity index (χ3v) is 5.08. The van der Waals surface area contributed by atoms with Crippen LogP contribution < -0.4 is 0 Å². The van der Waals surface area contributed by atoms with Crippen LogP contribution in [0.15, 0.2) is 0 Å². The summed E-state index contributed by atoms with van der Waals surface area (Å²) in [5.74, 6) is 1.84. The molecule has 0 spiro atoms. The van der Waals surface area contributed by atoms with Crippen molar-refractivity contribution < 1.29 is 5.11 Å². The molecular weight excluding hydrogens is 184 g/mol. The Bertz CT molecular complexity index is 213. The molecule has 0 aromatic heterocycles. The summed E-state index contributed by atoms with van der Waals surface area (Å²) < 4.78 is 0. The van der Waals surface area contributed by atoms with Crippen LogP contribution in [0, 0.1) is 17.3 Å². The second kappa shape index (κ2) is 4.45. The van der Waals surface area contributed by atoms with Crippen LogP contribution in [0.2, 0.25) is 0 Å². The van der Waals surface area contributed by atoms with Crippen LogP contribution in [-0.2, 0) is 0 Å². The molecule has 0 aliphatic heterocycles. The molecule has 0 radical (unpaired) electrons. The van der Waals surface area contributed by atoms with E-state index in [9.17, 15) is 5.11 Å². The molecule has 2 fully saturated rings. The number of rotatable bonds is 2. The van der Waals surface area contributed by atoms with Crippen molar-refractivity contribution in [1.29, 1.82) is 0 Å². The molecule has 0 amide bonds. The van der Waals surface area contributed by atoms with E-state index in [2.05, 4.69) is 13.8 Å². The van der Waals surface area contributed by atoms with Crippen LogP contribution in [0.1, 0.15) is 65.2 Å². The molecule has 1 nitrogen and oxygen atoms in total. The van der Waals surface area contributed by atoms with E-state index in [4.69, 9.17) is 0 Å². The van der Waals surface area contributed by atoms with Crippen molar-refractivity contribution in [2.24, 2.45) is 17.3 Å². The quantitative estimate of drug-likeness (QED) is 0.736. The Labute approximate surface area is 94.3 Å². The van der Waals surface area contributed by atoms with Gasteiger partial charge < -0.3 is 5.11 Å². The van der Waals surface area contributed by atoms with Crippen LogP contribution in [0.3, 0.4) is 0 Å². The molecule has 2 rings (SSSR count).